The van der Waals surface area contributed by atoms with Crippen molar-refractivity contribution >= 4 is 6.16 Å². The fourth-order valence-electron chi connectivity index (χ4n) is 5.39. The van der Waals surface area contributed by atoms with Crippen LogP contribution in [-0.2, 0) is 20.4 Å². The van der Waals surface area contributed by atoms with Crippen molar-refractivity contribution in [3.8, 4) is 0 Å². The maximum Gasteiger partial charge on any atom is -1.00 e. The Morgan fingerprint density at radius 3 is 1.57 bits per heavy atom. The third-order valence-electron chi connectivity index (χ3n) is 6.34. The first-order chi connectivity index (χ1) is 10.4. The van der Waals surface area contributed by atoms with Crippen molar-refractivity contribution in [1.29, 1.82) is 0 Å². The van der Waals surface area contributed by atoms with Gasteiger partial charge in [0.05, 0.1) is 0 Å². The summed E-state index contributed by atoms with van der Waals surface area (Å²) in [6.45, 7) is 2.61. The molecule has 0 N–H and O–H groups in total. The molecule has 4 rings (SSSR count). The predicted octanol–water partition coefficient (Wildman–Crippen LogP) is -1.11. The van der Waals surface area contributed by atoms with Crippen LogP contribution in [0.1, 0.15) is 25.7 Å². The molecule has 0 heterocycles. The zero-order valence-electron chi connectivity index (χ0n) is 13.7. The van der Waals surface area contributed by atoms with Gasteiger partial charge < -0.3 is 24.8 Å². The number of allylic oxidation sites excluding steroid dienone is 8. The van der Waals surface area contributed by atoms with Gasteiger partial charge in [-0.25, -0.2) is 0 Å². The monoisotopic (exact) mass is 442 g/mol. The van der Waals surface area contributed by atoms with Crippen LogP contribution in [0.5, 0.6) is 0 Å². The van der Waals surface area contributed by atoms with Gasteiger partial charge in [-0.2, -0.15) is 0 Å². The van der Waals surface area contributed by atoms with Crippen molar-refractivity contribution in [2.24, 2.45) is 23.7 Å². The molecule has 4 aliphatic rings. The molecule has 0 aromatic rings. The third-order valence-corrected chi connectivity index (χ3v) is 24.5. The maximum atomic E-state index is 2.61. The quantitative estimate of drug-likeness (QED) is 0.474. The standard InChI is InChI=1S/2C9H11.CH4Si.2ClH.Zr/c2*1-2-5-9-7-3-6-8(9)4-1;1-2;;;/h2*1-2,4-6,8-9H,3,7H2;2H,1H3;2*1H;/q;;;;;+2/p-2. The summed E-state index contributed by atoms with van der Waals surface area (Å²) in [6, 6.07) is 0. The number of halogens is 2. The Morgan fingerprint density at radius 2 is 1.13 bits per heavy atom. The van der Waals surface area contributed by atoms with E-state index in [1.807, 2.05) is 0 Å². The molecule has 4 aliphatic carbocycles. The van der Waals surface area contributed by atoms with E-state index in [0.29, 0.717) is 0 Å². The molecule has 0 amide bonds. The van der Waals surface area contributed by atoms with E-state index in [1.165, 1.54) is 20.1 Å². The topological polar surface area (TPSA) is 0 Å². The molecule has 23 heavy (non-hydrogen) atoms. The first-order valence-corrected chi connectivity index (χ1v) is 17.6. The van der Waals surface area contributed by atoms with E-state index in [0.717, 1.165) is 29.8 Å². The van der Waals surface area contributed by atoms with E-state index in [4.69, 9.17) is 0 Å². The molecular formula is C19H26Cl2SiZr. The molecule has 6 atom stereocenters. The van der Waals surface area contributed by atoms with E-state index in [1.54, 1.807) is 12.8 Å². The third kappa shape index (κ3) is 3.76. The van der Waals surface area contributed by atoms with Gasteiger partial charge in [0.25, 0.3) is 0 Å². The Hall–Kier alpha value is 0.640. The van der Waals surface area contributed by atoms with Crippen LogP contribution in [-0.4, -0.2) is 6.16 Å². The Labute approximate surface area is 162 Å². The van der Waals surface area contributed by atoms with E-state index in [2.05, 4.69) is 55.2 Å². The Kier molecular flexibility index (Phi) is 7.67. The summed E-state index contributed by atoms with van der Waals surface area (Å²) in [5, 5.41) is 0. The van der Waals surface area contributed by atoms with Crippen molar-refractivity contribution < 1.29 is 45.2 Å². The molecule has 2 fully saturated rings. The molecule has 0 spiro atoms. The fraction of sp³-hybridized carbons (Fsp3) is 0.579. The van der Waals surface area contributed by atoms with E-state index < -0.39 is 20.4 Å². The van der Waals surface area contributed by atoms with Crippen LogP contribution in [0.3, 0.4) is 0 Å². The van der Waals surface area contributed by atoms with Gasteiger partial charge in [0.1, 0.15) is 0 Å². The van der Waals surface area contributed by atoms with Gasteiger partial charge in [0.2, 0.25) is 0 Å². The van der Waals surface area contributed by atoms with Gasteiger partial charge >= 0.3 is 138 Å². The van der Waals surface area contributed by atoms with Crippen molar-refractivity contribution in [3.05, 3.63) is 48.6 Å². The normalized spacial score (nSPS) is 38.8. The van der Waals surface area contributed by atoms with Crippen LogP contribution >= 0.6 is 0 Å². The predicted molar refractivity (Wildman–Crippen MR) is 89.5 cm³/mol. The zero-order chi connectivity index (χ0) is 14.2. The Bertz CT molecular complexity index is 518. The molecule has 4 heteroatoms. The first-order valence-electron chi connectivity index (χ1n) is 8.74. The second-order valence-electron chi connectivity index (χ2n) is 7.18. The van der Waals surface area contributed by atoms with Gasteiger partial charge in [-0.3, -0.25) is 0 Å². The average Bonchev–Trinajstić information content (AvgIpc) is 3.14. The summed E-state index contributed by atoms with van der Waals surface area (Å²) in [7, 11) is 0. The summed E-state index contributed by atoms with van der Waals surface area (Å²) >= 11 is -1.26. The van der Waals surface area contributed by atoms with Crippen LogP contribution in [0.15, 0.2) is 48.6 Å². The van der Waals surface area contributed by atoms with Crippen LogP contribution < -0.4 is 24.8 Å². The summed E-state index contributed by atoms with van der Waals surface area (Å²) in [5.74, 6) is 3.69. The minimum Gasteiger partial charge on any atom is -1.00 e. The van der Waals surface area contributed by atoms with Gasteiger partial charge in [0, 0.05) is 0 Å². The van der Waals surface area contributed by atoms with Crippen LogP contribution in [0.4, 0.5) is 0 Å². The van der Waals surface area contributed by atoms with Crippen molar-refractivity contribution in [2.75, 3.05) is 0 Å². The van der Waals surface area contributed by atoms with E-state index in [-0.39, 0.29) is 24.8 Å². The van der Waals surface area contributed by atoms with Crippen molar-refractivity contribution in [2.45, 2.75) is 39.5 Å². The summed E-state index contributed by atoms with van der Waals surface area (Å²) in [4.78, 5) is 0. The molecule has 0 aliphatic heterocycles. The fourth-order valence-corrected chi connectivity index (χ4v) is 24.9. The van der Waals surface area contributed by atoms with Gasteiger partial charge in [0.15, 0.2) is 0 Å². The second-order valence-corrected chi connectivity index (χ2v) is 22.1. The average molecular weight is 445 g/mol. The molecule has 0 aromatic carbocycles. The molecule has 2 saturated carbocycles. The van der Waals surface area contributed by atoms with Gasteiger partial charge in [-0.15, -0.1) is 0 Å². The molecule has 0 bridgehead atoms. The largest absolute Gasteiger partial charge is 1.00 e. The Morgan fingerprint density at radius 1 is 0.696 bits per heavy atom. The Balaban J connectivity index is 0.000000960. The van der Waals surface area contributed by atoms with Crippen molar-refractivity contribution in [3.63, 3.8) is 0 Å². The smallest absolute Gasteiger partial charge is 1.00 e. The molecule has 0 aromatic heterocycles. The SMILES string of the molecule is C[SiH]=[Zr+2]([CH]1CCC2C=CC=CC21)[CH]1CCC2C=CC=CC21.[Cl-].[Cl-]. The van der Waals surface area contributed by atoms with Gasteiger partial charge in [-0.1, -0.05) is 0 Å². The second kappa shape index (κ2) is 8.84. The van der Waals surface area contributed by atoms with Crippen LogP contribution in [0.2, 0.25) is 13.8 Å². The summed E-state index contributed by atoms with van der Waals surface area (Å²) in [6.07, 6.45) is 26.3. The summed E-state index contributed by atoms with van der Waals surface area (Å²) < 4.78 is 2.34. The molecule has 0 nitrogen and oxygen atoms in total. The minimum atomic E-state index is -1.26. The number of rotatable bonds is 2. The van der Waals surface area contributed by atoms with Gasteiger partial charge in [-0.05, 0) is 0 Å². The van der Waals surface area contributed by atoms with E-state index in [9.17, 15) is 0 Å². The number of hydrogen-bond acceptors (Lipinski definition) is 0. The molecule has 0 radical (unpaired) electrons. The zero-order valence-corrected chi connectivity index (χ0v) is 18.9. The summed E-state index contributed by atoms with van der Waals surface area (Å²) in [5.41, 5.74) is 0. The number of fused-ring (bicyclic) bond motifs is 2. The van der Waals surface area contributed by atoms with E-state index >= 15 is 0 Å². The molecular weight excluding hydrogens is 418 g/mol. The number of hydrogen-bond donors (Lipinski definition) is 0. The minimum absolute atomic E-state index is 0. The first kappa shape index (κ1) is 20.0. The molecule has 6 unspecified atom stereocenters. The maximum absolute atomic E-state index is 2.61. The van der Waals surface area contributed by atoms with Crippen LogP contribution in [0, 0.1) is 23.7 Å². The van der Waals surface area contributed by atoms with Crippen molar-refractivity contribution in [1.82, 2.24) is 0 Å². The molecule has 0 saturated heterocycles. The van der Waals surface area contributed by atoms with Crippen LogP contribution in [0.25, 0.3) is 0 Å². The molecule has 124 valence electrons.